The van der Waals surface area contributed by atoms with Gasteiger partial charge in [0, 0.05) is 37.8 Å². The number of rotatable bonds is 6. The summed E-state index contributed by atoms with van der Waals surface area (Å²) < 4.78 is 7.69. The molecule has 0 N–H and O–H groups in total. The predicted molar refractivity (Wildman–Crippen MR) is 85.7 cm³/mol. The summed E-state index contributed by atoms with van der Waals surface area (Å²) in [4.78, 5) is 20.3. The minimum absolute atomic E-state index is 0.306. The summed E-state index contributed by atoms with van der Waals surface area (Å²) in [5, 5.41) is 0. The van der Waals surface area contributed by atoms with Gasteiger partial charge in [0.05, 0.1) is 11.9 Å². The number of aromatic nitrogens is 3. The van der Waals surface area contributed by atoms with Crippen LogP contribution < -0.4 is 0 Å². The molecule has 0 aliphatic heterocycles. The van der Waals surface area contributed by atoms with Crippen molar-refractivity contribution in [3.8, 4) is 0 Å². The van der Waals surface area contributed by atoms with E-state index in [9.17, 15) is 4.79 Å². The van der Waals surface area contributed by atoms with Gasteiger partial charge >= 0.3 is 5.97 Å². The number of pyridine rings is 1. The molecular formula is C18H17N3O2. The minimum Gasteiger partial charge on any atom is -0.454 e. The molecule has 0 spiro atoms. The van der Waals surface area contributed by atoms with Gasteiger partial charge in [0.25, 0.3) is 0 Å². The summed E-state index contributed by atoms with van der Waals surface area (Å²) >= 11 is 0. The van der Waals surface area contributed by atoms with Crippen LogP contribution in [0.5, 0.6) is 0 Å². The van der Waals surface area contributed by atoms with E-state index in [0.29, 0.717) is 12.0 Å². The van der Waals surface area contributed by atoms with Gasteiger partial charge in [-0.25, -0.2) is 9.78 Å². The highest BCUT2D eigenvalue weighted by Crippen LogP contribution is 2.23. The van der Waals surface area contributed by atoms with Gasteiger partial charge in [0.15, 0.2) is 0 Å². The number of aryl methyl sites for hydroxylation is 1. The van der Waals surface area contributed by atoms with Gasteiger partial charge in [-0.2, -0.15) is 0 Å². The molecule has 0 fully saturated rings. The number of nitrogens with zero attached hydrogens (tertiary/aromatic N) is 3. The third-order valence-corrected chi connectivity index (χ3v) is 3.55. The Bertz CT molecular complexity index is 727. The van der Waals surface area contributed by atoms with E-state index < -0.39 is 0 Å². The lowest BCUT2D eigenvalue weighted by Gasteiger charge is -2.18. The number of carbonyl (C=O) groups excluding carboxylic acids is 1. The molecular weight excluding hydrogens is 290 g/mol. The molecule has 1 aromatic carbocycles. The van der Waals surface area contributed by atoms with Crippen molar-refractivity contribution in [3.05, 3.63) is 84.7 Å². The van der Waals surface area contributed by atoms with Crippen LogP contribution in [0, 0.1) is 0 Å². The van der Waals surface area contributed by atoms with Crippen LogP contribution in [0.4, 0.5) is 0 Å². The zero-order chi connectivity index (χ0) is 15.9. The topological polar surface area (TPSA) is 57.0 Å². The quantitative estimate of drug-likeness (QED) is 0.656. The lowest BCUT2D eigenvalue weighted by Crippen LogP contribution is -2.14. The van der Waals surface area contributed by atoms with Crippen LogP contribution >= 0.6 is 0 Å². The first-order valence-electron chi connectivity index (χ1n) is 7.44. The first-order valence-corrected chi connectivity index (χ1v) is 7.44. The van der Waals surface area contributed by atoms with Crippen molar-refractivity contribution < 1.29 is 9.53 Å². The lowest BCUT2D eigenvalue weighted by atomic mass is 10.1. The molecule has 0 amide bonds. The lowest BCUT2D eigenvalue weighted by molar-refractivity contribution is 0.0266. The van der Waals surface area contributed by atoms with Gasteiger partial charge < -0.3 is 9.30 Å². The third-order valence-electron chi connectivity index (χ3n) is 3.55. The van der Waals surface area contributed by atoms with E-state index in [1.165, 1.54) is 0 Å². The van der Waals surface area contributed by atoms with Gasteiger partial charge in [-0.15, -0.1) is 0 Å². The maximum atomic E-state index is 12.3. The molecule has 0 aliphatic rings. The van der Waals surface area contributed by atoms with Crippen molar-refractivity contribution in [2.24, 2.45) is 0 Å². The van der Waals surface area contributed by atoms with E-state index >= 15 is 0 Å². The number of benzene rings is 1. The fourth-order valence-electron chi connectivity index (χ4n) is 2.33. The number of ether oxygens (including phenoxy) is 1. The molecule has 2 aromatic heterocycles. The molecule has 116 valence electrons. The largest absolute Gasteiger partial charge is 0.454 e. The molecule has 1 atom stereocenters. The molecule has 5 heteroatoms. The summed E-state index contributed by atoms with van der Waals surface area (Å²) in [5.41, 5.74) is 1.48. The summed E-state index contributed by atoms with van der Waals surface area (Å²) in [6.07, 6.45) is 8.93. The average Bonchev–Trinajstić information content (AvgIpc) is 3.13. The van der Waals surface area contributed by atoms with Crippen LogP contribution in [0.1, 0.15) is 28.4 Å². The SMILES string of the molecule is O=C(OC(CCn1ccnc1)c1ccccc1)c1ccncc1. The van der Waals surface area contributed by atoms with Crippen LogP contribution in [-0.4, -0.2) is 20.5 Å². The number of carbonyl (C=O) groups is 1. The Kier molecular flexibility index (Phi) is 4.79. The number of hydrogen-bond donors (Lipinski definition) is 0. The van der Waals surface area contributed by atoms with Crippen LogP contribution in [0.2, 0.25) is 0 Å². The molecule has 5 nitrogen and oxygen atoms in total. The average molecular weight is 307 g/mol. The van der Waals surface area contributed by atoms with E-state index in [-0.39, 0.29) is 12.1 Å². The fourth-order valence-corrected chi connectivity index (χ4v) is 2.33. The van der Waals surface area contributed by atoms with Gasteiger partial charge in [0.1, 0.15) is 6.10 Å². The smallest absolute Gasteiger partial charge is 0.338 e. The van der Waals surface area contributed by atoms with Crippen LogP contribution in [-0.2, 0) is 11.3 Å². The number of imidazole rings is 1. The van der Waals surface area contributed by atoms with E-state index in [1.54, 1.807) is 37.1 Å². The minimum atomic E-state index is -0.341. The van der Waals surface area contributed by atoms with Crippen molar-refractivity contribution in [2.75, 3.05) is 0 Å². The number of hydrogen-bond acceptors (Lipinski definition) is 4. The second-order valence-corrected chi connectivity index (χ2v) is 5.13. The Morgan fingerprint density at radius 2 is 1.83 bits per heavy atom. The van der Waals surface area contributed by atoms with Crippen molar-refractivity contribution in [2.45, 2.75) is 19.1 Å². The van der Waals surface area contributed by atoms with E-state index in [4.69, 9.17) is 4.74 Å². The second-order valence-electron chi connectivity index (χ2n) is 5.13. The van der Waals surface area contributed by atoms with E-state index in [2.05, 4.69) is 9.97 Å². The van der Waals surface area contributed by atoms with Crippen molar-refractivity contribution in [3.63, 3.8) is 0 Å². The monoisotopic (exact) mass is 307 g/mol. The van der Waals surface area contributed by atoms with E-state index in [1.807, 2.05) is 41.1 Å². The number of esters is 1. The zero-order valence-corrected chi connectivity index (χ0v) is 12.6. The highest BCUT2D eigenvalue weighted by molar-refractivity contribution is 5.89. The Balaban J connectivity index is 1.73. The van der Waals surface area contributed by atoms with Crippen LogP contribution in [0.15, 0.2) is 73.6 Å². The molecule has 0 saturated carbocycles. The Morgan fingerprint density at radius 1 is 1.04 bits per heavy atom. The molecule has 0 bridgehead atoms. The Morgan fingerprint density at radius 3 is 2.52 bits per heavy atom. The maximum absolute atomic E-state index is 12.3. The molecule has 2 heterocycles. The molecule has 1 unspecified atom stereocenters. The van der Waals surface area contributed by atoms with Gasteiger partial charge in [-0.3, -0.25) is 4.98 Å². The molecule has 0 saturated heterocycles. The molecule has 0 radical (unpaired) electrons. The van der Waals surface area contributed by atoms with Gasteiger partial charge in [0.2, 0.25) is 0 Å². The molecule has 3 rings (SSSR count). The summed E-state index contributed by atoms with van der Waals surface area (Å²) in [6.45, 7) is 0.725. The standard InChI is InChI=1S/C18H17N3O2/c22-18(16-6-9-19-10-7-16)23-17(15-4-2-1-3-5-15)8-12-21-13-11-20-14-21/h1-7,9-11,13-14,17H,8,12H2. The second kappa shape index (κ2) is 7.35. The predicted octanol–water partition coefficient (Wildman–Crippen LogP) is 3.27. The summed E-state index contributed by atoms with van der Waals surface area (Å²) in [6, 6.07) is 13.1. The highest BCUT2D eigenvalue weighted by Gasteiger charge is 2.18. The molecule has 0 aliphatic carbocycles. The maximum Gasteiger partial charge on any atom is 0.338 e. The fraction of sp³-hybridized carbons (Fsp3) is 0.167. The van der Waals surface area contributed by atoms with Crippen molar-refractivity contribution in [1.29, 1.82) is 0 Å². The first-order chi connectivity index (χ1) is 11.3. The zero-order valence-electron chi connectivity index (χ0n) is 12.6. The van der Waals surface area contributed by atoms with Crippen LogP contribution in [0.25, 0.3) is 0 Å². The summed E-state index contributed by atoms with van der Waals surface area (Å²) in [5.74, 6) is -0.341. The van der Waals surface area contributed by atoms with Crippen molar-refractivity contribution in [1.82, 2.24) is 14.5 Å². The highest BCUT2D eigenvalue weighted by atomic mass is 16.5. The summed E-state index contributed by atoms with van der Waals surface area (Å²) in [7, 11) is 0. The normalized spacial score (nSPS) is 11.8. The van der Waals surface area contributed by atoms with Crippen molar-refractivity contribution >= 4 is 5.97 Å². The van der Waals surface area contributed by atoms with Gasteiger partial charge in [-0.1, -0.05) is 30.3 Å². The van der Waals surface area contributed by atoms with E-state index in [0.717, 1.165) is 12.1 Å². The third kappa shape index (κ3) is 4.03. The molecule has 23 heavy (non-hydrogen) atoms. The Hall–Kier alpha value is -2.95. The first kappa shape index (κ1) is 15.0. The van der Waals surface area contributed by atoms with Gasteiger partial charge in [-0.05, 0) is 17.7 Å². The van der Waals surface area contributed by atoms with Crippen LogP contribution in [0.3, 0.4) is 0 Å². The Labute approximate surface area is 134 Å². The molecule has 3 aromatic rings.